The smallest absolute Gasteiger partial charge is 0.178 e. The van der Waals surface area contributed by atoms with Crippen LogP contribution in [-0.4, -0.2) is 46.8 Å². The van der Waals surface area contributed by atoms with Gasteiger partial charge in [-0.2, -0.15) is 0 Å². The number of hydrogen-bond donors (Lipinski definition) is 0. The molecule has 0 N–H and O–H groups in total. The topological polar surface area (TPSA) is 40.6 Å². The van der Waals surface area contributed by atoms with Crippen LogP contribution in [0.15, 0.2) is 47.4 Å². The van der Waals surface area contributed by atoms with Gasteiger partial charge in [-0.3, -0.25) is 0 Å². The largest absolute Gasteiger partial charge is 0.344 e. The second kappa shape index (κ2) is 7.25. The van der Waals surface area contributed by atoms with E-state index < -0.39 is 9.84 Å². The van der Waals surface area contributed by atoms with Crippen molar-refractivity contribution in [1.82, 2.24) is 4.90 Å². The molecular formula is C21H26N2O2S. The van der Waals surface area contributed by atoms with Crippen molar-refractivity contribution >= 4 is 32.9 Å². The second-order valence-corrected chi connectivity index (χ2v) is 9.20. The normalized spacial score (nSPS) is 13.9. The highest BCUT2D eigenvalue weighted by molar-refractivity contribution is 7.91. The minimum atomic E-state index is -3.24. The first-order valence-electron chi connectivity index (χ1n) is 8.88. The maximum absolute atomic E-state index is 12.4. The number of fused-ring (bicyclic) bond motifs is 2. The summed E-state index contributed by atoms with van der Waals surface area (Å²) in [5, 5.41) is 0. The second-order valence-electron chi connectivity index (χ2n) is 6.92. The molecule has 5 heteroatoms. The number of benzene rings is 2. The molecule has 0 bridgehead atoms. The van der Waals surface area contributed by atoms with Crippen LogP contribution in [0.4, 0.5) is 11.4 Å². The maximum atomic E-state index is 12.4. The van der Waals surface area contributed by atoms with Gasteiger partial charge in [-0.25, -0.2) is 8.42 Å². The molecule has 0 aliphatic carbocycles. The molecule has 1 aliphatic rings. The summed E-state index contributed by atoms with van der Waals surface area (Å²) in [6.07, 6.45) is 3.06. The Hall–Kier alpha value is -2.11. The number of hydrogen-bond acceptors (Lipinski definition) is 4. The van der Waals surface area contributed by atoms with Gasteiger partial charge in [-0.05, 0) is 62.0 Å². The van der Waals surface area contributed by atoms with E-state index in [0.29, 0.717) is 4.90 Å². The molecule has 26 heavy (non-hydrogen) atoms. The monoisotopic (exact) mass is 370 g/mol. The fourth-order valence-electron chi connectivity index (χ4n) is 3.29. The lowest BCUT2D eigenvalue weighted by atomic mass is 9.99. The molecule has 0 aromatic heterocycles. The molecule has 1 heterocycles. The van der Waals surface area contributed by atoms with Crippen LogP contribution in [-0.2, 0) is 9.84 Å². The van der Waals surface area contributed by atoms with Gasteiger partial charge in [-0.15, -0.1) is 0 Å². The molecule has 3 rings (SSSR count). The first-order valence-corrected chi connectivity index (χ1v) is 10.5. The lowest BCUT2D eigenvalue weighted by molar-refractivity contribution is 0.420. The quantitative estimate of drug-likeness (QED) is 0.796. The van der Waals surface area contributed by atoms with Crippen molar-refractivity contribution < 1.29 is 8.42 Å². The first kappa shape index (κ1) is 18.7. The van der Waals surface area contributed by atoms with Crippen LogP contribution in [0, 0.1) is 0 Å². The molecule has 0 unspecified atom stereocenters. The molecule has 2 aromatic rings. The summed E-state index contributed by atoms with van der Waals surface area (Å²) in [5.74, 6) is 0.110. The van der Waals surface area contributed by atoms with E-state index in [-0.39, 0.29) is 5.75 Å². The SMILES string of the molecule is CCS(=O)(=O)c1ccc2c(c1)C(CCN(C)C)=Cc1ccccc1N2C. The molecule has 0 radical (unpaired) electrons. The highest BCUT2D eigenvalue weighted by atomic mass is 32.2. The molecule has 0 spiro atoms. The van der Waals surface area contributed by atoms with Crippen molar-refractivity contribution in [2.24, 2.45) is 0 Å². The van der Waals surface area contributed by atoms with Gasteiger partial charge in [0, 0.05) is 30.5 Å². The number of anilines is 2. The van der Waals surface area contributed by atoms with E-state index in [4.69, 9.17) is 0 Å². The Morgan fingerprint density at radius 3 is 2.46 bits per heavy atom. The Labute approximate surface area is 156 Å². The fourth-order valence-corrected chi connectivity index (χ4v) is 4.19. The predicted molar refractivity (Wildman–Crippen MR) is 110 cm³/mol. The van der Waals surface area contributed by atoms with Gasteiger partial charge in [0.1, 0.15) is 0 Å². The number of nitrogens with zero attached hydrogens (tertiary/aromatic N) is 2. The van der Waals surface area contributed by atoms with Crippen molar-refractivity contribution in [3.05, 3.63) is 53.6 Å². The van der Waals surface area contributed by atoms with E-state index in [2.05, 4.69) is 42.1 Å². The Kier molecular flexibility index (Phi) is 5.21. The molecule has 4 nitrogen and oxygen atoms in total. The Bertz CT molecular complexity index is 946. The molecule has 0 amide bonds. The van der Waals surface area contributed by atoms with Crippen molar-refractivity contribution in [3.8, 4) is 0 Å². The molecule has 0 saturated heterocycles. The predicted octanol–water partition coefficient (Wildman–Crippen LogP) is 4.05. The molecule has 0 fully saturated rings. The Morgan fingerprint density at radius 2 is 1.77 bits per heavy atom. The van der Waals surface area contributed by atoms with E-state index in [0.717, 1.165) is 35.5 Å². The zero-order chi connectivity index (χ0) is 18.9. The van der Waals surface area contributed by atoms with Crippen molar-refractivity contribution in [2.75, 3.05) is 38.3 Å². The standard InChI is InChI=1S/C21H26N2O2S/c1-5-26(24,25)18-10-11-21-19(15-18)16(12-13-22(2)3)14-17-8-6-7-9-20(17)23(21)4/h6-11,14-15H,5,12-13H2,1-4H3. The molecule has 138 valence electrons. The molecule has 2 aromatic carbocycles. The van der Waals surface area contributed by atoms with Gasteiger partial charge < -0.3 is 9.80 Å². The average Bonchev–Trinajstić information content (AvgIpc) is 2.75. The zero-order valence-electron chi connectivity index (χ0n) is 15.9. The van der Waals surface area contributed by atoms with Crippen LogP contribution >= 0.6 is 0 Å². The third-order valence-electron chi connectivity index (χ3n) is 4.87. The third-order valence-corrected chi connectivity index (χ3v) is 6.60. The van der Waals surface area contributed by atoms with E-state index in [1.54, 1.807) is 13.0 Å². The summed E-state index contributed by atoms with van der Waals surface area (Å²) in [6, 6.07) is 13.8. The van der Waals surface area contributed by atoms with Crippen LogP contribution in [0.2, 0.25) is 0 Å². The third kappa shape index (κ3) is 3.55. The van der Waals surface area contributed by atoms with Crippen LogP contribution in [0.5, 0.6) is 0 Å². The lowest BCUT2D eigenvalue weighted by Crippen LogP contribution is -2.15. The van der Waals surface area contributed by atoms with Crippen LogP contribution in [0.25, 0.3) is 11.6 Å². The van der Waals surface area contributed by atoms with Crippen molar-refractivity contribution in [1.29, 1.82) is 0 Å². The van der Waals surface area contributed by atoms with Crippen LogP contribution in [0.3, 0.4) is 0 Å². The zero-order valence-corrected chi connectivity index (χ0v) is 16.7. The van der Waals surface area contributed by atoms with E-state index in [1.165, 1.54) is 5.57 Å². The highest BCUT2D eigenvalue weighted by Gasteiger charge is 2.22. The summed E-state index contributed by atoms with van der Waals surface area (Å²) in [7, 11) is 2.90. The lowest BCUT2D eigenvalue weighted by Gasteiger charge is -2.23. The maximum Gasteiger partial charge on any atom is 0.178 e. The molecule has 1 aliphatic heterocycles. The van der Waals surface area contributed by atoms with Gasteiger partial charge in [0.2, 0.25) is 0 Å². The summed E-state index contributed by atoms with van der Waals surface area (Å²) in [5.41, 5.74) is 5.48. The van der Waals surface area contributed by atoms with E-state index in [1.807, 2.05) is 31.3 Å². The Balaban J connectivity index is 2.21. The van der Waals surface area contributed by atoms with Gasteiger partial charge in [0.25, 0.3) is 0 Å². The summed E-state index contributed by atoms with van der Waals surface area (Å²) in [6.45, 7) is 2.59. The van der Waals surface area contributed by atoms with E-state index in [9.17, 15) is 8.42 Å². The molecule has 0 saturated carbocycles. The van der Waals surface area contributed by atoms with Gasteiger partial charge >= 0.3 is 0 Å². The van der Waals surface area contributed by atoms with Gasteiger partial charge in [0.15, 0.2) is 9.84 Å². The van der Waals surface area contributed by atoms with Gasteiger partial charge in [0.05, 0.1) is 10.6 Å². The van der Waals surface area contributed by atoms with Gasteiger partial charge in [-0.1, -0.05) is 25.1 Å². The summed E-state index contributed by atoms with van der Waals surface area (Å²) >= 11 is 0. The summed E-state index contributed by atoms with van der Waals surface area (Å²) in [4.78, 5) is 4.69. The number of sulfone groups is 1. The number of para-hydroxylation sites is 1. The minimum Gasteiger partial charge on any atom is -0.344 e. The average molecular weight is 371 g/mol. The highest BCUT2D eigenvalue weighted by Crippen LogP contribution is 2.40. The Morgan fingerprint density at radius 1 is 1.04 bits per heavy atom. The van der Waals surface area contributed by atoms with Crippen LogP contribution in [0.1, 0.15) is 24.5 Å². The molecular weight excluding hydrogens is 344 g/mol. The minimum absolute atomic E-state index is 0.110. The van der Waals surface area contributed by atoms with E-state index >= 15 is 0 Å². The molecule has 0 atom stereocenters. The van der Waals surface area contributed by atoms with Crippen molar-refractivity contribution in [2.45, 2.75) is 18.2 Å². The number of rotatable bonds is 5. The van der Waals surface area contributed by atoms with Crippen LogP contribution < -0.4 is 4.90 Å². The first-order chi connectivity index (χ1) is 12.3. The fraction of sp³-hybridized carbons (Fsp3) is 0.333. The van der Waals surface area contributed by atoms with Crippen molar-refractivity contribution in [3.63, 3.8) is 0 Å². The summed E-state index contributed by atoms with van der Waals surface area (Å²) < 4.78 is 24.8.